The van der Waals surface area contributed by atoms with Gasteiger partial charge in [-0.2, -0.15) is 11.3 Å². The first kappa shape index (κ1) is 17.9. The van der Waals surface area contributed by atoms with Gasteiger partial charge in [-0.05, 0) is 42.7 Å². The number of aryl methyl sites for hydroxylation is 1. The first-order valence-corrected chi connectivity index (χ1v) is 11.3. The highest BCUT2D eigenvalue weighted by atomic mass is 32.1. The van der Waals surface area contributed by atoms with Crippen LogP contribution < -0.4 is 0 Å². The summed E-state index contributed by atoms with van der Waals surface area (Å²) in [7, 11) is 0. The highest BCUT2D eigenvalue weighted by Crippen LogP contribution is 2.31. The third kappa shape index (κ3) is 3.91. The van der Waals surface area contributed by atoms with Gasteiger partial charge in [0.15, 0.2) is 0 Å². The molecule has 7 heteroatoms. The minimum absolute atomic E-state index is 0.0605. The molecule has 3 aromatic heterocycles. The topological polar surface area (TPSA) is 42.4 Å². The van der Waals surface area contributed by atoms with Crippen molar-refractivity contribution in [1.29, 1.82) is 0 Å². The third-order valence-electron chi connectivity index (χ3n) is 4.42. The Morgan fingerprint density at radius 1 is 1.38 bits per heavy atom. The van der Waals surface area contributed by atoms with Crippen LogP contribution in [0.1, 0.15) is 33.1 Å². The number of ether oxygens (including phenoxy) is 1. The van der Waals surface area contributed by atoms with E-state index in [1.165, 1.54) is 16.2 Å². The maximum Gasteiger partial charge on any atom is 0.266 e. The fraction of sp³-hybridized carbons (Fsp3) is 0.368. The zero-order valence-electron chi connectivity index (χ0n) is 14.5. The van der Waals surface area contributed by atoms with Crippen LogP contribution >= 0.6 is 34.0 Å². The van der Waals surface area contributed by atoms with Crippen molar-refractivity contribution in [2.75, 3.05) is 13.2 Å². The van der Waals surface area contributed by atoms with Gasteiger partial charge in [-0.15, -0.1) is 22.7 Å². The predicted molar refractivity (Wildman–Crippen MR) is 108 cm³/mol. The summed E-state index contributed by atoms with van der Waals surface area (Å²) >= 11 is 4.82. The van der Waals surface area contributed by atoms with E-state index in [9.17, 15) is 4.79 Å². The first-order valence-electron chi connectivity index (χ1n) is 8.64. The first-order chi connectivity index (χ1) is 12.7. The molecule has 1 atom stereocenters. The molecule has 3 aromatic rings. The minimum Gasteiger partial charge on any atom is -0.376 e. The van der Waals surface area contributed by atoms with Gasteiger partial charge in [-0.1, -0.05) is 6.07 Å². The molecule has 0 N–H and O–H groups in total. The zero-order valence-corrected chi connectivity index (χ0v) is 17.0. The number of thiazole rings is 1. The molecule has 1 fully saturated rings. The van der Waals surface area contributed by atoms with Crippen molar-refractivity contribution in [2.24, 2.45) is 0 Å². The van der Waals surface area contributed by atoms with Crippen LogP contribution in [0.5, 0.6) is 0 Å². The number of hydrogen-bond acceptors (Lipinski definition) is 6. The van der Waals surface area contributed by atoms with Crippen molar-refractivity contribution in [1.82, 2.24) is 9.88 Å². The van der Waals surface area contributed by atoms with Crippen LogP contribution in [-0.4, -0.2) is 35.0 Å². The Labute approximate surface area is 165 Å². The fourth-order valence-electron chi connectivity index (χ4n) is 3.09. The maximum absolute atomic E-state index is 13.3. The molecule has 1 unspecified atom stereocenters. The molecular weight excluding hydrogens is 384 g/mol. The maximum atomic E-state index is 13.3. The van der Waals surface area contributed by atoms with E-state index in [-0.39, 0.29) is 12.0 Å². The van der Waals surface area contributed by atoms with Gasteiger partial charge in [0.1, 0.15) is 9.88 Å². The number of aromatic nitrogens is 1. The quantitative estimate of drug-likeness (QED) is 0.576. The van der Waals surface area contributed by atoms with Gasteiger partial charge in [0.05, 0.1) is 18.3 Å². The van der Waals surface area contributed by atoms with Gasteiger partial charge in [0, 0.05) is 29.0 Å². The van der Waals surface area contributed by atoms with E-state index in [1.54, 1.807) is 22.7 Å². The minimum atomic E-state index is 0.0605. The molecule has 1 amide bonds. The van der Waals surface area contributed by atoms with Crippen molar-refractivity contribution >= 4 is 39.9 Å². The lowest BCUT2D eigenvalue weighted by atomic mass is 10.2. The van der Waals surface area contributed by atoms with Crippen molar-refractivity contribution in [2.45, 2.75) is 32.4 Å². The lowest BCUT2D eigenvalue weighted by molar-refractivity contribution is 0.0512. The summed E-state index contributed by atoms with van der Waals surface area (Å²) in [6, 6.07) is 6.16. The molecule has 136 valence electrons. The van der Waals surface area contributed by atoms with Crippen LogP contribution in [-0.2, 0) is 11.3 Å². The van der Waals surface area contributed by atoms with Gasteiger partial charge in [0.25, 0.3) is 5.91 Å². The number of nitrogens with zero attached hydrogens (tertiary/aromatic N) is 2. The molecule has 1 saturated heterocycles. The van der Waals surface area contributed by atoms with E-state index in [2.05, 4.69) is 21.8 Å². The normalized spacial score (nSPS) is 16.9. The average Bonchev–Trinajstić information content (AvgIpc) is 3.41. The molecule has 0 bridgehead atoms. The predicted octanol–water partition coefficient (Wildman–Crippen LogP) is 5.06. The lowest BCUT2D eigenvalue weighted by Gasteiger charge is -2.24. The summed E-state index contributed by atoms with van der Waals surface area (Å²) in [6.07, 6.45) is 2.24. The molecule has 0 aromatic carbocycles. The Hall–Kier alpha value is -1.54. The summed E-state index contributed by atoms with van der Waals surface area (Å²) in [5, 5.41) is 7.08. The highest BCUT2D eigenvalue weighted by molar-refractivity contribution is 7.17. The van der Waals surface area contributed by atoms with Crippen molar-refractivity contribution in [3.05, 3.63) is 49.8 Å². The number of hydrogen-bond donors (Lipinski definition) is 0. The summed E-state index contributed by atoms with van der Waals surface area (Å²) in [5.41, 5.74) is 1.90. The second-order valence-corrected chi connectivity index (χ2v) is 9.16. The second-order valence-electron chi connectivity index (χ2n) is 6.35. The largest absolute Gasteiger partial charge is 0.376 e. The summed E-state index contributed by atoms with van der Waals surface area (Å²) < 4.78 is 5.78. The van der Waals surface area contributed by atoms with Gasteiger partial charge in [0.2, 0.25) is 0 Å². The number of thiophene rings is 2. The molecule has 0 radical (unpaired) electrons. The zero-order chi connectivity index (χ0) is 17.9. The molecule has 4 rings (SSSR count). The van der Waals surface area contributed by atoms with Crippen LogP contribution in [0.3, 0.4) is 0 Å². The van der Waals surface area contributed by atoms with Crippen LogP contribution in [0.4, 0.5) is 0 Å². The molecule has 4 heterocycles. The lowest BCUT2D eigenvalue weighted by Crippen LogP contribution is -2.36. The van der Waals surface area contributed by atoms with E-state index in [0.29, 0.717) is 13.1 Å². The van der Waals surface area contributed by atoms with Gasteiger partial charge < -0.3 is 9.64 Å². The molecule has 0 aliphatic carbocycles. The Morgan fingerprint density at radius 2 is 2.31 bits per heavy atom. The molecule has 0 saturated carbocycles. The van der Waals surface area contributed by atoms with Gasteiger partial charge in [-0.25, -0.2) is 4.98 Å². The van der Waals surface area contributed by atoms with E-state index in [0.717, 1.165) is 40.6 Å². The monoisotopic (exact) mass is 404 g/mol. The molecule has 1 aliphatic rings. The molecule has 0 spiro atoms. The van der Waals surface area contributed by atoms with E-state index in [1.807, 2.05) is 29.3 Å². The van der Waals surface area contributed by atoms with E-state index >= 15 is 0 Å². The standard InChI is InChI=1S/C19H20N2O2S3/c1-13-17(26-18(20-13)14-6-9-24-12-14)19(22)21(10-15-4-2-7-23-15)11-16-5-3-8-25-16/h3,5-6,8-9,12,15H,2,4,7,10-11H2,1H3. The van der Waals surface area contributed by atoms with E-state index in [4.69, 9.17) is 4.74 Å². The summed E-state index contributed by atoms with van der Waals surface area (Å²) in [4.78, 5) is 21.8. The summed E-state index contributed by atoms with van der Waals surface area (Å²) in [5.74, 6) is 0.0605. The third-order valence-corrected chi connectivity index (χ3v) is 7.16. The van der Waals surface area contributed by atoms with Gasteiger partial charge in [-0.3, -0.25) is 4.79 Å². The fourth-order valence-corrected chi connectivity index (χ4v) is 5.56. The average molecular weight is 405 g/mol. The van der Waals surface area contributed by atoms with Gasteiger partial charge >= 0.3 is 0 Å². The van der Waals surface area contributed by atoms with Crippen molar-refractivity contribution in [3.63, 3.8) is 0 Å². The number of carbonyl (C=O) groups is 1. The van der Waals surface area contributed by atoms with Crippen LogP contribution in [0.2, 0.25) is 0 Å². The Morgan fingerprint density at radius 3 is 3.00 bits per heavy atom. The second kappa shape index (κ2) is 8.00. The van der Waals surface area contributed by atoms with Crippen LogP contribution in [0.25, 0.3) is 10.6 Å². The summed E-state index contributed by atoms with van der Waals surface area (Å²) in [6.45, 7) is 3.99. The van der Waals surface area contributed by atoms with Crippen LogP contribution in [0.15, 0.2) is 34.3 Å². The highest BCUT2D eigenvalue weighted by Gasteiger charge is 2.27. The Bertz CT molecular complexity index is 850. The number of rotatable bonds is 6. The smallest absolute Gasteiger partial charge is 0.266 e. The van der Waals surface area contributed by atoms with Crippen molar-refractivity contribution in [3.8, 4) is 10.6 Å². The number of carbonyl (C=O) groups excluding carboxylic acids is 1. The molecule has 1 aliphatic heterocycles. The molecule has 26 heavy (non-hydrogen) atoms. The van der Waals surface area contributed by atoms with Crippen molar-refractivity contribution < 1.29 is 9.53 Å². The van der Waals surface area contributed by atoms with Crippen LogP contribution in [0, 0.1) is 6.92 Å². The molecule has 4 nitrogen and oxygen atoms in total. The van der Waals surface area contributed by atoms with E-state index < -0.39 is 0 Å². The SMILES string of the molecule is Cc1nc(-c2ccsc2)sc1C(=O)N(Cc1cccs1)CC1CCCO1. The number of amides is 1. The Kier molecular flexibility index (Phi) is 5.49. The molecular formula is C19H20N2O2S3. The Balaban J connectivity index is 1.58.